The van der Waals surface area contributed by atoms with E-state index >= 15 is 0 Å². The van der Waals surface area contributed by atoms with E-state index in [0.717, 1.165) is 46.4 Å². The van der Waals surface area contributed by atoms with Gasteiger partial charge in [-0.3, -0.25) is 4.98 Å². The van der Waals surface area contributed by atoms with Gasteiger partial charge >= 0.3 is 0 Å². The number of nitrogens with zero attached hydrogens (tertiary/aromatic N) is 6. The first-order valence-electron chi connectivity index (χ1n) is 11.3. The standard InChI is InChI=1S/C26H26IN7/c1-17(2)21-9-5-4-8-19(21)13-33(27)15-23-31-25(20-11-12-24-28-16-29-34(24)14-20)26(32-23)22-10-6-7-18(3)30-22/h4-12,14,16-17H,13,15H2,1-3H3,(H,31,32). The van der Waals surface area contributed by atoms with Crippen LogP contribution in [0.5, 0.6) is 0 Å². The molecule has 172 valence electrons. The Morgan fingerprint density at radius 1 is 1.00 bits per heavy atom. The highest BCUT2D eigenvalue weighted by atomic mass is 127. The molecule has 0 aliphatic carbocycles. The van der Waals surface area contributed by atoms with Gasteiger partial charge in [0.2, 0.25) is 0 Å². The van der Waals surface area contributed by atoms with E-state index in [9.17, 15) is 0 Å². The minimum absolute atomic E-state index is 0.488. The van der Waals surface area contributed by atoms with Gasteiger partial charge in [-0.15, -0.1) is 0 Å². The third-order valence-electron chi connectivity index (χ3n) is 5.79. The molecular weight excluding hydrogens is 537 g/mol. The van der Waals surface area contributed by atoms with Crippen LogP contribution in [0.4, 0.5) is 0 Å². The van der Waals surface area contributed by atoms with E-state index < -0.39 is 0 Å². The third kappa shape index (κ3) is 4.74. The fourth-order valence-corrected chi connectivity index (χ4v) is 4.87. The summed E-state index contributed by atoms with van der Waals surface area (Å²) < 4.78 is 4.03. The minimum Gasteiger partial charge on any atom is -0.340 e. The Morgan fingerprint density at radius 3 is 2.68 bits per heavy atom. The lowest BCUT2D eigenvalue weighted by Crippen LogP contribution is -2.13. The van der Waals surface area contributed by atoms with E-state index in [1.807, 2.05) is 43.5 Å². The second-order valence-corrected chi connectivity index (χ2v) is 10.0. The van der Waals surface area contributed by atoms with Crippen LogP contribution in [0.1, 0.15) is 42.4 Å². The number of H-pyrrole nitrogens is 1. The molecule has 1 aromatic carbocycles. The Balaban J connectivity index is 1.49. The Morgan fingerprint density at radius 2 is 1.85 bits per heavy atom. The fraction of sp³-hybridized carbons (Fsp3) is 0.231. The first-order valence-corrected chi connectivity index (χ1v) is 12.3. The summed E-state index contributed by atoms with van der Waals surface area (Å²) in [5.74, 6) is 1.38. The van der Waals surface area contributed by atoms with Gasteiger partial charge in [-0.2, -0.15) is 5.10 Å². The van der Waals surface area contributed by atoms with Gasteiger partial charge in [0.05, 0.1) is 17.9 Å². The molecule has 0 unspecified atom stereocenters. The molecule has 0 fully saturated rings. The van der Waals surface area contributed by atoms with E-state index in [0.29, 0.717) is 12.5 Å². The molecule has 0 saturated carbocycles. The van der Waals surface area contributed by atoms with Crippen molar-refractivity contribution in [3.8, 4) is 22.6 Å². The molecule has 5 aromatic rings. The van der Waals surface area contributed by atoms with Gasteiger partial charge in [-0.1, -0.05) is 44.2 Å². The van der Waals surface area contributed by atoms with E-state index in [1.54, 1.807) is 10.8 Å². The number of hydrogen-bond donors (Lipinski definition) is 1. The summed E-state index contributed by atoms with van der Waals surface area (Å²) in [6.07, 6.45) is 3.53. The fourth-order valence-electron chi connectivity index (χ4n) is 4.18. The molecule has 0 radical (unpaired) electrons. The minimum atomic E-state index is 0.488. The zero-order chi connectivity index (χ0) is 23.7. The predicted octanol–water partition coefficient (Wildman–Crippen LogP) is 5.97. The average molecular weight is 563 g/mol. The molecule has 7 nitrogen and oxygen atoms in total. The summed E-state index contributed by atoms with van der Waals surface area (Å²) in [4.78, 5) is 17.6. The molecule has 0 bridgehead atoms. The maximum atomic E-state index is 4.99. The zero-order valence-corrected chi connectivity index (χ0v) is 21.6. The summed E-state index contributed by atoms with van der Waals surface area (Å²) in [6.45, 7) is 7.99. The Kier molecular flexibility index (Phi) is 6.42. The van der Waals surface area contributed by atoms with E-state index in [1.165, 1.54) is 11.1 Å². The topological polar surface area (TPSA) is 75.0 Å². The van der Waals surface area contributed by atoms with E-state index in [4.69, 9.17) is 9.97 Å². The highest BCUT2D eigenvalue weighted by Gasteiger charge is 2.18. The lowest BCUT2D eigenvalue weighted by atomic mass is 9.97. The summed E-state index contributed by atoms with van der Waals surface area (Å²) in [6, 6.07) is 18.7. The number of fused-ring (bicyclic) bond motifs is 1. The maximum Gasteiger partial charge on any atom is 0.155 e. The highest BCUT2D eigenvalue weighted by Crippen LogP contribution is 2.30. The van der Waals surface area contributed by atoms with Crippen molar-refractivity contribution in [2.45, 2.75) is 39.8 Å². The maximum absolute atomic E-state index is 4.99. The number of pyridine rings is 2. The Bertz CT molecular complexity index is 1440. The number of aromatic nitrogens is 6. The summed E-state index contributed by atoms with van der Waals surface area (Å²) in [5.41, 5.74) is 8.09. The zero-order valence-electron chi connectivity index (χ0n) is 19.4. The molecule has 5 rings (SSSR count). The van der Waals surface area contributed by atoms with Crippen molar-refractivity contribution < 1.29 is 0 Å². The SMILES string of the molecule is Cc1cccc(-c2nc(CN(I)Cc3ccccc3C(C)C)[nH]c2-c2ccc3ncnn3c2)n1. The average Bonchev–Trinajstić information content (AvgIpc) is 3.45. The van der Waals surface area contributed by atoms with Crippen molar-refractivity contribution in [1.29, 1.82) is 0 Å². The van der Waals surface area contributed by atoms with Crippen LogP contribution in [0, 0.1) is 6.92 Å². The number of halogens is 1. The molecule has 4 heterocycles. The predicted molar refractivity (Wildman–Crippen MR) is 142 cm³/mol. The smallest absolute Gasteiger partial charge is 0.155 e. The van der Waals surface area contributed by atoms with Crippen molar-refractivity contribution in [3.63, 3.8) is 0 Å². The first kappa shape index (κ1) is 22.7. The molecule has 0 atom stereocenters. The summed E-state index contributed by atoms with van der Waals surface area (Å²) in [5, 5.41) is 4.29. The number of hydrogen-bond acceptors (Lipinski definition) is 5. The molecule has 0 aliphatic rings. The van der Waals surface area contributed by atoms with Crippen molar-refractivity contribution in [3.05, 3.63) is 89.8 Å². The molecule has 0 spiro atoms. The molecule has 8 heteroatoms. The van der Waals surface area contributed by atoms with Crippen LogP contribution in [0.3, 0.4) is 0 Å². The highest BCUT2D eigenvalue weighted by molar-refractivity contribution is 14.1. The van der Waals surface area contributed by atoms with Crippen LogP contribution in [-0.2, 0) is 13.1 Å². The second kappa shape index (κ2) is 9.63. The van der Waals surface area contributed by atoms with Crippen LogP contribution in [0.2, 0.25) is 0 Å². The lowest BCUT2D eigenvalue weighted by molar-refractivity contribution is 0.486. The monoisotopic (exact) mass is 563 g/mol. The van der Waals surface area contributed by atoms with Crippen LogP contribution < -0.4 is 0 Å². The van der Waals surface area contributed by atoms with E-state index in [2.05, 4.69) is 79.2 Å². The number of benzene rings is 1. The van der Waals surface area contributed by atoms with Crippen molar-refractivity contribution >= 4 is 28.5 Å². The van der Waals surface area contributed by atoms with Crippen LogP contribution >= 0.6 is 22.9 Å². The number of imidazole rings is 1. The van der Waals surface area contributed by atoms with Crippen molar-refractivity contribution in [1.82, 2.24) is 32.7 Å². The van der Waals surface area contributed by atoms with Gasteiger partial charge in [-0.05, 0) is 48.2 Å². The second-order valence-electron chi connectivity index (χ2n) is 8.68. The normalized spacial score (nSPS) is 11.7. The van der Waals surface area contributed by atoms with Gasteiger partial charge in [-0.25, -0.2) is 17.6 Å². The van der Waals surface area contributed by atoms with Crippen LogP contribution in [0.25, 0.3) is 28.3 Å². The molecule has 34 heavy (non-hydrogen) atoms. The van der Waals surface area contributed by atoms with Gasteiger partial charge in [0, 0.05) is 46.9 Å². The van der Waals surface area contributed by atoms with E-state index in [-0.39, 0.29) is 0 Å². The molecule has 0 aliphatic heterocycles. The van der Waals surface area contributed by atoms with Crippen LogP contribution in [0.15, 0.2) is 67.1 Å². The first-order chi connectivity index (χ1) is 16.5. The summed E-state index contributed by atoms with van der Waals surface area (Å²) >= 11 is 2.39. The van der Waals surface area contributed by atoms with Crippen molar-refractivity contribution in [2.75, 3.05) is 0 Å². The molecular formula is C26H26IN7. The van der Waals surface area contributed by atoms with Gasteiger partial charge in [0.25, 0.3) is 0 Å². The molecule has 4 aromatic heterocycles. The number of aromatic amines is 1. The van der Waals surface area contributed by atoms with Gasteiger partial charge in [0.1, 0.15) is 17.8 Å². The molecule has 0 amide bonds. The summed E-state index contributed by atoms with van der Waals surface area (Å²) in [7, 11) is 0. The van der Waals surface area contributed by atoms with Crippen molar-refractivity contribution in [2.24, 2.45) is 0 Å². The molecule has 1 N–H and O–H groups in total. The van der Waals surface area contributed by atoms with Gasteiger partial charge in [0.15, 0.2) is 5.65 Å². The number of rotatable bonds is 7. The molecule has 0 saturated heterocycles. The quantitative estimate of drug-likeness (QED) is 0.195. The Hall–Kier alpha value is -3.11. The lowest BCUT2D eigenvalue weighted by Gasteiger charge is -2.17. The van der Waals surface area contributed by atoms with Gasteiger partial charge < -0.3 is 4.98 Å². The largest absolute Gasteiger partial charge is 0.340 e. The number of aryl methyl sites for hydroxylation is 1. The van der Waals surface area contributed by atoms with Crippen LogP contribution in [-0.4, -0.2) is 32.7 Å². The number of nitrogens with one attached hydrogen (secondary N) is 1. The Labute approximate surface area is 212 Å². The third-order valence-corrected chi connectivity index (χ3v) is 6.47.